The van der Waals surface area contributed by atoms with Crippen LogP contribution in [0.2, 0.25) is 0 Å². The summed E-state index contributed by atoms with van der Waals surface area (Å²) in [4.78, 5) is 26.3. The van der Waals surface area contributed by atoms with Crippen LogP contribution >= 0.6 is 0 Å². The highest BCUT2D eigenvalue weighted by Gasteiger charge is 2.33. The molecular formula is C20H25FN4O2. The Hall–Kier alpha value is -2.70. The smallest absolute Gasteiger partial charge is 0.253 e. The largest absolute Gasteiger partial charge is 0.355 e. The van der Waals surface area contributed by atoms with Crippen molar-refractivity contribution in [3.05, 3.63) is 47.8 Å². The van der Waals surface area contributed by atoms with Gasteiger partial charge in [0, 0.05) is 37.3 Å². The molecule has 3 rings (SSSR count). The number of halogens is 1. The topological polar surface area (TPSA) is 67.2 Å². The predicted octanol–water partition coefficient (Wildman–Crippen LogP) is 2.36. The average molecular weight is 372 g/mol. The fourth-order valence-corrected chi connectivity index (χ4v) is 2.92. The van der Waals surface area contributed by atoms with Crippen LogP contribution in [0.4, 0.5) is 4.39 Å². The van der Waals surface area contributed by atoms with Crippen LogP contribution in [0.25, 0.3) is 5.69 Å². The van der Waals surface area contributed by atoms with E-state index in [-0.39, 0.29) is 17.7 Å². The van der Waals surface area contributed by atoms with Crippen molar-refractivity contribution in [2.75, 3.05) is 26.3 Å². The summed E-state index contributed by atoms with van der Waals surface area (Å²) in [5.74, 6) is -0.130. The molecule has 1 saturated heterocycles. The van der Waals surface area contributed by atoms with Gasteiger partial charge in [-0.15, -0.1) is 0 Å². The minimum Gasteiger partial charge on any atom is -0.355 e. The van der Waals surface area contributed by atoms with Gasteiger partial charge >= 0.3 is 0 Å². The first kappa shape index (κ1) is 19.1. The zero-order valence-corrected chi connectivity index (χ0v) is 15.9. The van der Waals surface area contributed by atoms with Crippen LogP contribution < -0.4 is 5.32 Å². The number of hydrogen-bond donors (Lipinski definition) is 1. The first-order valence-corrected chi connectivity index (χ1v) is 9.05. The number of aryl methyl sites for hydroxylation is 1. The van der Waals surface area contributed by atoms with E-state index in [9.17, 15) is 14.0 Å². The van der Waals surface area contributed by atoms with Crippen molar-refractivity contribution in [3.63, 3.8) is 0 Å². The van der Waals surface area contributed by atoms with E-state index in [1.54, 1.807) is 35.7 Å². The van der Waals surface area contributed by atoms with Gasteiger partial charge in [-0.1, -0.05) is 6.07 Å². The van der Waals surface area contributed by atoms with Crippen molar-refractivity contribution < 1.29 is 14.0 Å². The third kappa shape index (κ3) is 4.18. The van der Waals surface area contributed by atoms with Gasteiger partial charge in [0.05, 0.1) is 17.3 Å². The molecule has 1 aliphatic rings. The zero-order chi connectivity index (χ0) is 19.6. The highest BCUT2D eigenvalue weighted by Crippen LogP contribution is 2.21. The third-order valence-electron chi connectivity index (χ3n) is 4.81. The molecule has 1 aliphatic heterocycles. The lowest BCUT2D eigenvalue weighted by molar-refractivity contribution is -0.130. The highest BCUT2D eigenvalue weighted by atomic mass is 19.1. The van der Waals surface area contributed by atoms with Crippen LogP contribution in [0.5, 0.6) is 0 Å². The molecule has 6 nitrogen and oxygen atoms in total. The maximum Gasteiger partial charge on any atom is 0.253 e. The van der Waals surface area contributed by atoms with Crippen molar-refractivity contribution in [1.82, 2.24) is 20.0 Å². The van der Waals surface area contributed by atoms with Crippen molar-refractivity contribution in [1.29, 1.82) is 0 Å². The zero-order valence-electron chi connectivity index (χ0n) is 15.9. The Balaban J connectivity index is 1.54. The Kier molecular flexibility index (Phi) is 5.30. The lowest BCUT2D eigenvalue weighted by Crippen LogP contribution is -2.54. The number of amides is 2. The highest BCUT2D eigenvalue weighted by molar-refractivity contribution is 5.95. The summed E-state index contributed by atoms with van der Waals surface area (Å²) in [6.45, 7) is 6.05. The molecule has 0 radical (unpaired) electrons. The number of likely N-dealkylation sites (tertiary alicyclic amines) is 1. The summed E-state index contributed by atoms with van der Waals surface area (Å²) >= 11 is 0. The van der Waals surface area contributed by atoms with E-state index in [1.165, 1.54) is 0 Å². The van der Waals surface area contributed by atoms with Gasteiger partial charge in [0.15, 0.2) is 0 Å². The second-order valence-electron chi connectivity index (χ2n) is 7.82. The predicted molar refractivity (Wildman–Crippen MR) is 100 cm³/mol. The summed E-state index contributed by atoms with van der Waals surface area (Å²) in [5.41, 5.74) is 1.49. The van der Waals surface area contributed by atoms with Crippen LogP contribution in [0, 0.1) is 18.3 Å². The molecule has 0 aliphatic carbocycles. The molecule has 2 aromatic rings. The molecule has 1 fully saturated rings. The lowest BCUT2D eigenvalue weighted by atomic mass is 9.93. The number of benzene rings is 1. The molecule has 1 aromatic heterocycles. The Labute approximate surface area is 158 Å². The van der Waals surface area contributed by atoms with E-state index >= 15 is 0 Å². The molecule has 27 heavy (non-hydrogen) atoms. The van der Waals surface area contributed by atoms with Crippen molar-refractivity contribution in [2.45, 2.75) is 20.8 Å². The molecule has 2 amide bonds. The van der Waals surface area contributed by atoms with E-state index in [4.69, 9.17) is 0 Å². The van der Waals surface area contributed by atoms with Gasteiger partial charge in [0.2, 0.25) is 5.91 Å². The SMILES string of the molecule is Cc1cnn(-c2cccc(C(=O)N3CC(CNC(=O)C(C)(C)CF)C3)c2)c1. The number of hydrogen-bond acceptors (Lipinski definition) is 3. The van der Waals surface area contributed by atoms with Gasteiger partial charge in [0.1, 0.15) is 6.67 Å². The summed E-state index contributed by atoms with van der Waals surface area (Å²) < 4.78 is 14.6. The normalized spacial score (nSPS) is 14.7. The Morgan fingerprint density at radius 3 is 2.70 bits per heavy atom. The van der Waals surface area contributed by atoms with Crippen molar-refractivity contribution >= 4 is 11.8 Å². The molecule has 1 aromatic carbocycles. The van der Waals surface area contributed by atoms with E-state index in [2.05, 4.69) is 10.4 Å². The molecule has 0 spiro atoms. The van der Waals surface area contributed by atoms with Crippen LogP contribution in [0.3, 0.4) is 0 Å². The average Bonchev–Trinajstić information content (AvgIpc) is 3.06. The molecule has 1 N–H and O–H groups in total. The van der Waals surface area contributed by atoms with Gasteiger partial charge in [-0.25, -0.2) is 9.07 Å². The minimum absolute atomic E-state index is 0.0348. The second kappa shape index (κ2) is 7.50. The van der Waals surface area contributed by atoms with E-state index in [0.717, 1.165) is 11.3 Å². The van der Waals surface area contributed by atoms with Crippen LogP contribution in [0.1, 0.15) is 29.8 Å². The fourth-order valence-electron chi connectivity index (χ4n) is 2.92. The van der Waals surface area contributed by atoms with Crippen LogP contribution in [-0.2, 0) is 4.79 Å². The fraction of sp³-hybridized carbons (Fsp3) is 0.450. The number of aromatic nitrogens is 2. The standard InChI is InChI=1S/C20H25FN4O2/c1-14-8-23-25(10-14)17-6-4-5-16(7-17)18(26)24-11-15(12-24)9-22-19(27)20(2,3)13-21/h4-8,10,15H,9,11-13H2,1-3H3,(H,22,27). The number of rotatable bonds is 6. The summed E-state index contributed by atoms with van der Waals surface area (Å²) in [6, 6.07) is 7.37. The van der Waals surface area contributed by atoms with E-state index in [1.807, 2.05) is 31.3 Å². The number of carbonyl (C=O) groups excluding carboxylic acids is 2. The Morgan fingerprint density at radius 1 is 1.33 bits per heavy atom. The maximum atomic E-state index is 12.8. The third-order valence-corrected chi connectivity index (χ3v) is 4.81. The Bertz CT molecular complexity index is 840. The summed E-state index contributed by atoms with van der Waals surface area (Å²) in [5, 5.41) is 7.05. The van der Waals surface area contributed by atoms with Crippen LogP contribution in [0.15, 0.2) is 36.7 Å². The Morgan fingerprint density at radius 2 is 2.07 bits per heavy atom. The quantitative estimate of drug-likeness (QED) is 0.847. The van der Waals surface area contributed by atoms with Gasteiger partial charge in [-0.2, -0.15) is 5.10 Å². The first-order chi connectivity index (χ1) is 12.8. The number of nitrogens with one attached hydrogen (secondary N) is 1. The summed E-state index contributed by atoms with van der Waals surface area (Å²) in [7, 11) is 0. The molecular weight excluding hydrogens is 347 g/mol. The molecule has 144 valence electrons. The van der Waals surface area contributed by atoms with Crippen molar-refractivity contribution in [3.8, 4) is 5.69 Å². The second-order valence-corrected chi connectivity index (χ2v) is 7.82. The van der Waals surface area contributed by atoms with E-state index < -0.39 is 12.1 Å². The van der Waals surface area contributed by atoms with Gasteiger partial charge < -0.3 is 10.2 Å². The first-order valence-electron chi connectivity index (χ1n) is 9.05. The maximum absolute atomic E-state index is 12.8. The number of nitrogens with zero attached hydrogens (tertiary/aromatic N) is 3. The van der Waals surface area contributed by atoms with Gasteiger partial charge in [0.25, 0.3) is 5.91 Å². The van der Waals surface area contributed by atoms with Crippen molar-refractivity contribution in [2.24, 2.45) is 11.3 Å². The lowest BCUT2D eigenvalue weighted by Gasteiger charge is -2.39. The molecule has 7 heteroatoms. The summed E-state index contributed by atoms with van der Waals surface area (Å²) in [6.07, 6.45) is 3.68. The molecule has 0 bridgehead atoms. The molecule has 0 atom stereocenters. The number of alkyl halides is 1. The van der Waals surface area contributed by atoms with Crippen LogP contribution in [-0.4, -0.2) is 52.8 Å². The molecule has 0 unspecified atom stereocenters. The minimum atomic E-state index is -1.01. The monoisotopic (exact) mass is 372 g/mol. The van der Waals surface area contributed by atoms with Gasteiger partial charge in [-0.05, 0) is 44.5 Å². The molecule has 2 heterocycles. The number of carbonyl (C=O) groups is 2. The van der Waals surface area contributed by atoms with Gasteiger partial charge in [-0.3, -0.25) is 9.59 Å². The molecule has 0 saturated carbocycles. The van der Waals surface area contributed by atoms with E-state index in [0.29, 0.717) is 25.2 Å².